The second-order valence-corrected chi connectivity index (χ2v) is 7.82. The molecule has 4 rings (SSSR count). The summed E-state index contributed by atoms with van der Waals surface area (Å²) in [4.78, 5) is 13.9. The molecule has 2 aliphatic heterocycles. The largest absolute Gasteiger partial charge is 0.379 e. The molecule has 1 aromatic rings. The maximum atomic E-state index is 6.04. The van der Waals surface area contributed by atoms with Crippen LogP contribution < -0.4 is 4.90 Å². The van der Waals surface area contributed by atoms with Crippen LogP contribution >= 0.6 is 0 Å². The average molecular weight is 316 g/mol. The van der Waals surface area contributed by atoms with Gasteiger partial charge in [0.1, 0.15) is 0 Å². The zero-order chi connectivity index (χ0) is 15.7. The summed E-state index contributed by atoms with van der Waals surface area (Å²) >= 11 is 0. The van der Waals surface area contributed by atoms with E-state index in [0.717, 1.165) is 31.6 Å². The fourth-order valence-electron chi connectivity index (χ4n) is 4.10. The van der Waals surface area contributed by atoms with Crippen LogP contribution in [0.25, 0.3) is 0 Å². The van der Waals surface area contributed by atoms with Crippen LogP contribution in [0.15, 0.2) is 18.5 Å². The third-order valence-electron chi connectivity index (χ3n) is 5.83. The number of hydrogen-bond donors (Lipinski definition) is 0. The van der Waals surface area contributed by atoms with E-state index in [9.17, 15) is 0 Å². The van der Waals surface area contributed by atoms with Crippen LogP contribution in [0.5, 0.6) is 0 Å². The van der Waals surface area contributed by atoms with Crippen molar-refractivity contribution in [3.63, 3.8) is 0 Å². The number of rotatable bonds is 5. The monoisotopic (exact) mass is 316 g/mol. The quantitative estimate of drug-likeness (QED) is 0.833. The Morgan fingerprint density at radius 1 is 1.17 bits per heavy atom. The molecule has 5 nitrogen and oxygen atoms in total. The summed E-state index contributed by atoms with van der Waals surface area (Å²) in [6.07, 6.45) is 10.2. The highest BCUT2D eigenvalue weighted by molar-refractivity contribution is 5.35. The Morgan fingerprint density at radius 2 is 1.91 bits per heavy atom. The summed E-state index contributed by atoms with van der Waals surface area (Å²) in [6, 6.07) is 2.32. The SMILES string of the molecule is CN1CCC2(CC1)CC(COCC1CC1)N(c1ncccn1)C2. The molecule has 23 heavy (non-hydrogen) atoms. The molecule has 0 radical (unpaired) electrons. The molecule has 5 heteroatoms. The van der Waals surface area contributed by atoms with E-state index in [-0.39, 0.29) is 0 Å². The minimum Gasteiger partial charge on any atom is -0.379 e. The van der Waals surface area contributed by atoms with Crippen molar-refractivity contribution in [3.8, 4) is 0 Å². The van der Waals surface area contributed by atoms with E-state index >= 15 is 0 Å². The van der Waals surface area contributed by atoms with E-state index in [1.165, 1.54) is 45.2 Å². The number of likely N-dealkylation sites (tertiary alicyclic amines) is 1. The van der Waals surface area contributed by atoms with Crippen molar-refractivity contribution in [1.82, 2.24) is 14.9 Å². The number of nitrogens with zero attached hydrogens (tertiary/aromatic N) is 4. The molecule has 1 spiro atoms. The third kappa shape index (κ3) is 3.50. The molecule has 1 unspecified atom stereocenters. The van der Waals surface area contributed by atoms with Gasteiger partial charge in [-0.25, -0.2) is 9.97 Å². The fraction of sp³-hybridized carbons (Fsp3) is 0.778. The summed E-state index contributed by atoms with van der Waals surface area (Å²) < 4.78 is 6.04. The molecular weight excluding hydrogens is 288 g/mol. The first-order valence-corrected chi connectivity index (χ1v) is 9.04. The molecule has 1 aliphatic carbocycles. The van der Waals surface area contributed by atoms with Gasteiger partial charge in [-0.3, -0.25) is 0 Å². The van der Waals surface area contributed by atoms with Crippen LogP contribution in [0.1, 0.15) is 32.1 Å². The Hall–Kier alpha value is -1.20. The minimum atomic E-state index is 0.430. The van der Waals surface area contributed by atoms with Crippen molar-refractivity contribution in [1.29, 1.82) is 0 Å². The number of piperidine rings is 1. The fourth-order valence-corrected chi connectivity index (χ4v) is 4.10. The molecule has 0 aromatic carbocycles. The molecule has 3 heterocycles. The molecular formula is C18H28N4O. The first-order chi connectivity index (χ1) is 11.2. The van der Waals surface area contributed by atoms with E-state index in [1.54, 1.807) is 0 Å². The normalized spacial score (nSPS) is 27.7. The van der Waals surface area contributed by atoms with Gasteiger partial charge in [0, 0.05) is 25.5 Å². The summed E-state index contributed by atoms with van der Waals surface area (Å²) in [6.45, 7) is 5.27. The highest BCUT2D eigenvalue weighted by Crippen LogP contribution is 2.44. The topological polar surface area (TPSA) is 41.5 Å². The second kappa shape index (κ2) is 6.36. The van der Waals surface area contributed by atoms with Crippen LogP contribution in [0.4, 0.5) is 5.95 Å². The Morgan fingerprint density at radius 3 is 2.61 bits per heavy atom. The van der Waals surface area contributed by atoms with E-state index in [0.29, 0.717) is 11.5 Å². The van der Waals surface area contributed by atoms with Gasteiger partial charge in [-0.05, 0) is 69.6 Å². The molecule has 3 fully saturated rings. The van der Waals surface area contributed by atoms with E-state index < -0.39 is 0 Å². The van der Waals surface area contributed by atoms with E-state index in [1.807, 2.05) is 18.5 Å². The lowest BCUT2D eigenvalue weighted by molar-refractivity contribution is 0.0981. The van der Waals surface area contributed by atoms with Crippen molar-refractivity contribution >= 4 is 5.95 Å². The molecule has 0 N–H and O–H groups in total. The average Bonchev–Trinajstić information content (AvgIpc) is 3.33. The van der Waals surface area contributed by atoms with Gasteiger partial charge in [-0.1, -0.05) is 0 Å². The van der Waals surface area contributed by atoms with Gasteiger partial charge in [-0.2, -0.15) is 0 Å². The van der Waals surface area contributed by atoms with Gasteiger partial charge in [-0.15, -0.1) is 0 Å². The predicted molar refractivity (Wildman–Crippen MR) is 90.5 cm³/mol. The summed E-state index contributed by atoms with van der Waals surface area (Å²) in [5.74, 6) is 1.71. The maximum Gasteiger partial charge on any atom is 0.225 e. The lowest BCUT2D eigenvalue weighted by Crippen LogP contribution is -2.40. The molecule has 3 aliphatic rings. The number of aromatic nitrogens is 2. The Bertz CT molecular complexity index is 511. The Kier molecular flexibility index (Phi) is 4.24. The van der Waals surface area contributed by atoms with Crippen molar-refractivity contribution < 1.29 is 4.74 Å². The predicted octanol–water partition coefficient (Wildman–Crippen LogP) is 2.19. The van der Waals surface area contributed by atoms with Crippen molar-refractivity contribution in [2.75, 3.05) is 44.8 Å². The highest BCUT2D eigenvalue weighted by atomic mass is 16.5. The molecule has 0 amide bonds. The van der Waals surface area contributed by atoms with E-state index in [4.69, 9.17) is 4.74 Å². The van der Waals surface area contributed by atoms with Crippen molar-refractivity contribution in [2.45, 2.75) is 38.1 Å². The number of ether oxygens (including phenoxy) is 1. The van der Waals surface area contributed by atoms with Gasteiger partial charge in [0.15, 0.2) is 0 Å². The van der Waals surface area contributed by atoms with Gasteiger partial charge in [0.2, 0.25) is 5.95 Å². The van der Waals surface area contributed by atoms with Gasteiger partial charge >= 0.3 is 0 Å². The van der Waals surface area contributed by atoms with Crippen molar-refractivity contribution in [2.24, 2.45) is 11.3 Å². The molecule has 1 aromatic heterocycles. The summed E-state index contributed by atoms with van der Waals surface area (Å²) in [5.41, 5.74) is 0.430. The lowest BCUT2D eigenvalue weighted by Gasteiger charge is -2.37. The standard InChI is InChI=1S/C18H28N4O/c1-21-9-5-18(6-10-21)11-16(13-23-12-15-3-4-15)22(14-18)17-19-7-2-8-20-17/h2,7-8,15-16H,3-6,9-14H2,1H3. The summed E-state index contributed by atoms with van der Waals surface area (Å²) in [7, 11) is 2.23. The molecule has 126 valence electrons. The first kappa shape index (κ1) is 15.3. The zero-order valence-electron chi connectivity index (χ0n) is 14.2. The van der Waals surface area contributed by atoms with Gasteiger partial charge in [0.25, 0.3) is 0 Å². The molecule has 1 saturated carbocycles. The van der Waals surface area contributed by atoms with Crippen LogP contribution in [0.3, 0.4) is 0 Å². The van der Waals surface area contributed by atoms with Crippen LogP contribution in [0.2, 0.25) is 0 Å². The minimum absolute atomic E-state index is 0.430. The van der Waals surface area contributed by atoms with E-state index in [2.05, 4.69) is 26.8 Å². The maximum absolute atomic E-state index is 6.04. The number of hydrogen-bond acceptors (Lipinski definition) is 5. The van der Waals surface area contributed by atoms with Crippen molar-refractivity contribution in [3.05, 3.63) is 18.5 Å². The van der Waals surface area contributed by atoms with Gasteiger partial charge in [0.05, 0.1) is 12.6 Å². The van der Waals surface area contributed by atoms with Crippen LogP contribution in [-0.2, 0) is 4.74 Å². The Balaban J connectivity index is 1.46. The zero-order valence-corrected chi connectivity index (χ0v) is 14.2. The summed E-state index contributed by atoms with van der Waals surface area (Å²) in [5, 5.41) is 0. The Labute approximate surface area is 139 Å². The highest BCUT2D eigenvalue weighted by Gasteiger charge is 2.46. The molecule has 0 bridgehead atoms. The van der Waals surface area contributed by atoms with Gasteiger partial charge < -0.3 is 14.5 Å². The molecule has 1 atom stereocenters. The van der Waals surface area contributed by atoms with Crippen LogP contribution in [-0.4, -0.2) is 60.8 Å². The lowest BCUT2D eigenvalue weighted by atomic mass is 9.77. The number of anilines is 1. The molecule has 2 saturated heterocycles. The van der Waals surface area contributed by atoms with Crippen LogP contribution in [0, 0.1) is 11.3 Å². The smallest absolute Gasteiger partial charge is 0.225 e. The second-order valence-electron chi connectivity index (χ2n) is 7.82. The first-order valence-electron chi connectivity index (χ1n) is 9.04. The third-order valence-corrected chi connectivity index (χ3v) is 5.83.